The first-order valence-electron chi connectivity index (χ1n) is 8.09. The van der Waals surface area contributed by atoms with E-state index < -0.39 is 11.7 Å². The summed E-state index contributed by atoms with van der Waals surface area (Å²) in [5, 5.41) is 2.79. The van der Waals surface area contributed by atoms with E-state index in [2.05, 4.69) is 5.32 Å². The maximum Gasteiger partial charge on any atom is 0.407 e. The van der Waals surface area contributed by atoms with Crippen LogP contribution in [0.3, 0.4) is 0 Å². The summed E-state index contributed by atoms with van der Waals surface area (Å²) in [6.45, 7) is 7.02. The van der Waals surface area contributed by atoms with E-state index in [4.69, 9.17) is 9.47 Å². The number of amides is 1. The third kappa shape index (κ3) is 6.42. The fourth-order valence-corrected chi connectivity index (χ4v) is 2.21. The zero-order chi connectivity index (χ0) is 17.4. The molecule has 1 N–H and O–H groups in total. The Morgan fingerprint density at radius 1 is 0.917 bits per heavy atom. The molecule has 0 spiro atoms. The summed E-state index contributed by atoms with van der Waals surface area (Å²) in [6, 6.07) is 18.0. The average Bonchev–Trinajstić information content (AvgIpc) is 2.53. The lowest BCUT2D eigenvalue weighted by Crippen LogP contribution is -2.32. The highest BCUT2D eigenvalue weighted by atomic mass is 16.6. The van der Waals surface area contributed by atoms with Gasteiger partial charge in [0.05, 0.1) is 13.2 Å². The molecule has 0 aliphatic heterocycles. The molecule has 0 bridgehead atoms. The van der Waals surface area contributed by atoms with Gasteiger partial charge in [-0.1, -0.05) is 54.6 Å². The lowest BCUT2D eigenvalue weighted by atomic mass is 10.1. The lowest BCUT2D eigenvalue weighted by molar-refractivity contribution is 0.0522. The Bertz CT molecular complexity index is 647. The molecule has 0 aliphatic carbocycles. The summed E-state index contributed by atoms with van der Waals surface area (Å²) < 4.78 is 11.0. The van der Waals surface area contributed by atoms with Crippen LogP contribution in [0.5, 0.6) is 0 Å². The van der Waals surface area contributed by atoms with Gasteiger partial charge < -0.3 is 14.8 Å². The number of ether oxygens (including phenoxy) is 2. The van der Waals surface area contributed by atoms with Gasteiger partial charge in [-0.15, -0.1) is 0 Å². The predicted molar refractivity (Wildman–Crippen MR) is 94.5 cm³/mol. The maximum atomic E-state index is 11.8. The fraction of sp³-hybridized carbons (Fsp3) is 0.350. The Morgan fingerprint density at radius 2 is 1.54 bits per heavy atom. The van der Waals surface area contributed by atoms with E-state index in [0.717, 1.165) is 16.7 Å². The SMILES string of the molecule is CC(C)(C)OC(=O)NCc1ccccc1COCc1ccccc1. The molecule has 128 valence electrons. The lowest BCUT2D eigenvalue weighted by Gasteiger charge is -2.20. The van der Waals surface area contributed by atoms with Crippen LogP contribution in [0.15, 0.2) is 54.6 Å². The second-order valence-corrected chi connectivity index (χ2v) is 6.60. The quantitative estimate of drug-likeness (QED) is 0.854. The van der Waals surface area contributed by atoms with E-state index in [1.165, 1.54) is 0 Å². The van der Waals surface area contributed by atoms with Crippen molar-refractivity contribution in [3.8, 4) is 0 Å². The topological polar surface area (TPSA) is 47.6 Å². The van der Waals surface area contributed by atoms with Crippen molar-refractivity contribution in [2.45, 2.75) is 46.1 Å². The fourth-order valence-electron chi connectivity index (χ4n) is 2.21. The number of nitrogens with one attached hydrogen (secondary N) is 1. The Hall–Kier alpha value is -2.33. The first-order valence-corrected chi connectivity index (χ1v) is 8.09. The smallest absolute Gasteiger partial charge is 0.407 e. The van der Waals surface area contributed by atoms with E-state index in [-0.39, 0.29) is 0 Å². The zero-order valence-electron chi connectivity index (χ0n) is 14.5. The first-order chi connectivity index (χ1) is 11.4. The average molecular weight is 327 g/mol. The normalized spacial score (nSPS) is 11.1. The number of benzene rings is 2. The van der Waals surface area contributed by atoms with Crippen molar-refractivity contribution in [3.63, 3.8) is 0 Å². The van der Waals surface area contributed by atoms with Crippen molar-refractivity contribution >= 4 is 6.09 Å². The Kier molecular flexibility index (Phi) is 6.38. The highest BCUT2D eigenvalue weighted by Gasteiger charge is 2.16. The largest absolute Gasteiger partial charge is 0.444 e. The van der Waals surface area contributed by atoms with Crippen molar-refractivity contribution < 1.29 is 14.3 Å². The van der Waals surface area contributed by atoms with Gasteiger partial charge in [-0.05, 0) is 37.5 Å². The van der Waals surface area contributed by atoms with Crippen LogP contribution in [0.2, 0.25) is 0 Å². The molecule has 24 heavy (non-hydrogen) atoms. The van der Waals surface area contributed by atoms with Gasteiger partial charge in [0.2, 0.25) is 0 Å². The highest BCUT2D eigenvalue weighted by Crippen LogP contribution is 2.12. The van der Waals surface area contributed by atoms with Crippen molar-refractivity contribution in [3.05, 3.63) is 71.3 Å². The molecule has 0 aromatic heterocycles. The number of hydrogen-bond acceptors (Lipinski definition) is 3. The Balaban J connectivity index is 1.86. The van der Waals surface area contributed by atoms with Gasteiger partial charge in [0, 0.05) is 6.54 Å². The van der Waals surface area contributed by atoms with Gasteiger partial charge in [0.1, 0.15) is 5.60 Å². The second kappa shape index (κ2) is 8.50. The molecule has 0 saturated carbocycles. The summed E-state index contributed by atoms with van der Waals surface area (Å²) in [4.78, 5) is 11.8. The molecule has 0 atom stereocenters. The molecule has 2 aromatic rings. The molecule has 4 nitrogen and oxygen atoms in total. The van der Waals surface area contributed by atoms with Crippen LogP contribution in [0.25, 0.3) is 0 Å². The van der Waals surface area contributed by atoms with Crippen LogP contribution >= 0.6 is 0 Å². The molecule has 0 heterocycles. The van der Waals surface area contributed by atoms with E-state index in [1.807, 2.05) is 75.4 Å². The minimum atomic E-state index is -0.498. The highest BCUT2D eigenvalue weighted by molar-refractivity contribution is 5.67. The minimum absolute atomic E-state index is 0.414. The zero-order valence-corrected chi connectivity index (χ0v) is 14.5. The van der Waals surface area contributed by atoms with E-state index in [1.54, 1.807) is 0 Å². The summed E-state index contributed by atoms with van der Waals surface area (Å²) in [6.07, 6.45) is -0.414. The number of alkyl carbamates (subject to hydrolysis) is 1. The van der Waals surface area contributed by atoms with Gasteiger partial charge in [0.15, 0.2) is 0 Å². The molecule has 0 fully saturated rings. The number of carbonyl (C=O) groups excluding carboxylic acids is 1. The number of rotatable bonds is 6. The van der Waals surface area contributed by atoms with Crippen LogP contribution in [-0.2, 0) is 29.2 Å². The molecular formula is C20H25NO3. The Labute approximate surface area is 143 Å². The predicted octanol–water partition coefficient (Wildman–Crippen LogP) is 4.43. The van der Waals surface area contributed by atoms with Crippen LogP contribution in [0, 0.1) is 0 Å². The van der Waals surface area contributed by atoms with Crippen molar-refractivity contribution in [1.29, 1.82) is 0 Å². The second-order valence-electron chi connectivity index (χ2n) is 6.60. The first kappa shape index (κ1) is 18.0. The van der Waals surface area contributed by atoms with Crippen molar-refractivity contribution in [1.82, 2.24) is 5.32 Å². The maximum absolute atomic E-state index is 11.8. The molecule has 0 unspecified atom stereocenters. The van der Waals surface area contributed by atoms with Crippen LogP contribution in [0.1, 0.15) is 37.5 Å². The molecule has 0 aliphatic rings. The summed E-state index contributed by atoms with van der Waals surface area (Å²) in [5.41, 5.74) is 2.73. The molecule has 2 rings (SSSR count). The standard InChI is InChI=1S/C20H25NO3/c1-20(2,3)24-19(22)21-13-17-11-7-8-12-18(17)15-23-14-16-9-5-4-6-10-16/h4-12H,13-15H2,1-3H3,(H,21,22). The molecule has 0 saturated heterocycles. The molecule has 2 aromatic carbocycles. The van der Waals surface area contributed by atoms with E-state index >= 15 is 0 Å². The summed E-state index contributed by atoms with van der Waals surface area (Å²) in [5.74, 6) is 0. The van der Waals surface area contributed by atoms with Crippen LogP contribution in [-0.4, -0.2) is 11.7 Å². The van der Waals surface area contributed by atoms with Gasteiger partial charge in [-0.2, -0.15) is 0 Å². The third-order valence-electron chi connectivity index (χ3n) is 3.31. The molecule has 1 amide bonds. The van der Waals surface area contributed by atoms with Crippen molar-refractivity contribution in [2.75, 3.05) is 0 Å². The number of hydrogen-bond donors (Lipinski definition) is 1. The Morgan fingerprint density at radius 3 is 2.21 bits per heavy atom. The van der Waals surface area contributed by atoms with Crippen LogP contribution < -0.4 is 5.32 Å². The van der Waals surface area contributed by atoms with Gasteiger partial charge >= 0.3 is 6.09 Å². The number of carbonyl (C=O) groups is 1. The third-order valence-corrected chi connectivity index (χ3v) is 3.31. The molecule has 0 radical (unpaired) electrons. The van der Waals surface area contributed by atoms with Gasteiger partial charge in [0.25, 0.3) is 0 Å². The summed E-state index contributed by atoms with van der Waals surface area (Å²) in [7, 11) is 0. The van der Waals surface area contributed by atoms with Gasteiger partial charge in [-0.25, -0.2) is 4.79 Å². The van der Waals surface area contributed by atoms with E-state index in [9.17, 15) is 4.79 Å². The van der Waals surface area contributed by atoms with Crippen LogP contribution in [0.4, 0.5) is 4.79 Å². The van der Waals surface area contributed by atoms with E-state index in [0.29, 0.717) is 19.8 Å². The summed E-state index contributed by atoms with van der Waals surface area (Å²) >= 11 is 0. The minimum Gasteiger partial charge on any atom is -0.444 e. The monoisotopic (exact) mass is 327 g/mol. The van der Waals surface area contributed by atoms with Crippen molar-refractivity contribution in [2.24, 2.45) is 0 Å². The van der Waals surface area contributed by atoms with Gasteiger partial charge in [-0.3, -0.25) is 0 Å². The molecular weight excluding hydrogens is 302 g/mol. The molecule has 4 heteroatoms.